The van der Waals surface area contributed by atoms with Gasteiger partial charge in [0.15, 0.2) is 0 Å². The monoisotopic (exact) mass is 271 g/mol. The number of rotatable bonds is 4. The van der Waals surface area contributed by atoms with Gasteiger partial charge in [-0.3, -0.25) is 0 Å². The summed E-state index contributed by atoms with van der Waals surface area (Å²) in [4.78, 5) is 0. The molecule has 1 atom stereocenters. The lowest BCUT2D eigenvalue weighted by Gasteiger charge is -2.03. The SMILES string of the molecule is CCC(Cl)c1cn(Cc2cc(F)ccc2F)nn1. The summed E-state index contributed by atoms with van der Waals surface area (Å²) in [5.41, 5.74) is 0.866. The maximum absolute atomic E-state index is 13.4. The van der Waals surface area contributed by atoms with Crippen molar-refractivity contribution < 1.29 is 8.78 Å². The van der Waals surface area contributed by atoms with Crippen LogP contribution in [-0.2, 0) is 6.54 Å². The minimum absolute atomic E-state index is 0.129. The lowest BCUT2D eigenvalue weighted by atomic mass is 10.2. The Morgan fingerprint density at radius 1 is 1.39 bits per heavy atom. The summed E-state index contributed by atoms with van der Waals surface area (Å²) >= 11 is 6.01. The van der Waals surface area contributed by atoms with E-state index in [0.29, 0.717) is 5.69 Å². The topological polar surface area (TPSA) is 30.7 Å². The molecule has 3 nitrogen and oxygen atoms in total. The van der Waals surface area contributed by atoms with E-state index in [2.05, 4.69) is 10.3 Å². The molecule has 0 spiro atoms. The second-order valence-corrected chi connectivity index (χ2v) is 4.48. The highest BCUT2D eigenvalue weighted by atomic mass is 35.5. The summed E-state index contributed by atoms with van der Waals surface area (Å²) in [6.07, 6.45) is 2.38. The highest BCUT2D eigenvalue weighted by Crippen LogP contribution is 2.21. The molecule has 0 saturated heterocycles. The Morgan fingerprint density at radius 2 is 2.17 bits per heavy atom. The van der Waals surface area contributed by atoms with E-state index in [4.69, 9.17) is 11.6 Å². The van der Waals surface area contributed by atoms with Crippen LogP contribution >= 0.6 is 11.6 Å². The number of nitrogens with zero attached hydrogens (tertiary/aromatic N) is 3. The Balaban J connectivity index is 2.18. The van der Waals surface area contributed by atoms with Gasteiger partial charge in [0.1, 0.15) is 17.3 Å². The van der Waals surface area contributed by atoms with Crippen molar-refractivity contribution in [3.05, 3.63) is 47.3 Å². The third-order valence-electron chi connectivity index (χ3n) is 2.58. The van der Waals surface area contributed by atoms with Crippen LogP contribution in [0.15, 0.2) is 24.4 Å². The molecule has 2 aromatic rings. The van der Waals surface area contributed by atoms with E-state index in [1.54, 1.807) is 6.20 Å². The first-order chi connectivity index (χ1) is 8.60. The molecule has 1 aromatic carbocycles. The van der Waals surface area contributed by atoms with Gasteiger partial charge in [0.25, 0.3) is 0 Å². The first-order valence-corrected chi connectivity index (χ1v) is 6.01. The molecule has 1 unspecified atom stereocenters. The quantitative estimate of drug-likeness (QED) is 0.799. The Bertz CT molecular complexity index is 542. The average molecular weight is 272 g/mol. The van der Waals surface area contributed by atoms with Crippen LogP contribution in [0.4, 0.5) is 8.78 Å². The summed E-state index contributed by atoms with van der Waals surface area (Å²) < 4.78 is 27.9. The Kier molecular flexibility index (Phi) is 3.91. The van der Waals surface area contributed by atoms with Crippen molar-refractivity contribution in [1.29, 1.82) is 0 Å². The molecule has 96 valence electrons. The minimum atomic E-state index is -0.476. The van der Waals surface area contributed by atoms with Crippen LogP contribution in [-0.4, -0.2) is 15.0 Å². The molecule has 0 aliphatic rings. The van der Waals surface area contributed by atoms with Crippen molar-refractivity contribution in [3.8, 4) is 0 Å². The Morgan fingerprint density at radius 3 is 2.89 bits per heavy atom. The van der Waals surface area contributed by atoms with Gasteiger partial charge in [-0.25, -0.2) is 13.5 Å². The predicted molar refractivity (Wildman–Crippen MR) is 64.4 cm³/mol. The molecule has 0 aliphatic carbocycles. The standard InChI is InChI=1S/C12H12ClF2N3/c1-2-10(13)12-7-18(17-16-12)6-8-5-9(14)3-4-11(8)15/h3-5,7,10H,2,6H2,1H3. The third-order valence-corrected chi connectivity index (χ3v) is 3.11. The first-order valence-electron chi connectivity index (χ1n) is 5.58. The zero-order valence-corrected chi connectivity index (χ0v) is 10.5. The van der Waals surface area contributed by atoms with Crippen LogP contribution in [0.1, 0.15) is 30.0 Å². The van der Waals surface area contributed by atoms with Gasteiger partial charge in [0.05, 0.1) is 18.1 Å². The van der Waals surface area contributed by atoms with Crippen molar-refractivity contribution in [2.24, 2.45) is 0 Å². The Labute approximate surface area is 108 Å². The molecular formula is C12H12ClF2N3. The fraction of sp³-hybridized carbons (Fsp3) is 0.333. The normalized spacial score (nSPS) is 12.7. The van der Waals surface area contributed by atoms with Crippen molar-refractivity contribution in [1.82, 2.24) is 15.0 Å². The van der Waals surface area contributed by atoms with E-state index < -0.39 is 11.6 Å². The molecular weight excluding hydrogens is 260 g/mol. The lowest BCUT2D eigenvalue weighted by Crippen LogP contribution is -2.03. The molecule has 1 heterocycles. The second kappa shape index (κ2) is 5.44. The number of halogens is 3. The molecule has 0 bridgehead atoms. The van der Waals surface area contributed by atoms with E-state index in [0.717, 1.165) is 24.6 Å². The van der Waals surface area contributed by atoms with Crippen molar-refractivity contribution >= 4 is 11.6 Å². The molecule has 0 saturated carbocycles. The van der Waals surface area contributed by atoms with Crippen LogP contribution in [0.3, 0.4) is 0 Å². The van der Waals surface area contributed by atoms with Crippen molar-refractivity contribution in [2.75, 3.05) is 0 Å². The Hall–Kier alpha value is -1.49. The van der Waals surface area contributed by atoms with Gasteiger partial charge < -0.3 is 0 Å². The zero-order valence-electron chi connectivity index (χ0n) is 9.78. The lowest BCUT2D eigenvalue weighted by molar-refractivity contribution is 0.560. The van der Waals surface area contributed by atoms with Crippen LogP contribution < -0.4 is 0 Å². The second-order valence-electron chi connectivity index (χ2n) is 3.95. The van der Waals surface area contributed by atoms with Crippen LogP contribution in [0, 0.1) is 11.6 Å². The molecule has 0 N–H and O–H groups in total. The molecule has 6 heteroatoms. The molecule has 0 fully saturated rings. The van der Waals surface area contributed by atoms with Gasteiger partial charge in [-0.2, -0.15) is 0 Å². The van der Waals surface area contributed by atoms with E-state index in [9.17, 15) is 8.78 Å². The van der Waals surface area contributed by atoms with Gasteiger partial charge in [0, 0.05) is 5.56 Å². The molecule has 1 aromatic heterocycles. The predicted octanol–water partition coefficient (Wildman–Crippen LogP) is 3.29. The van der Waals surface area contributed by atoms with Gasteiger partial charge in [-0.15, -0.1) is 16.7 Å². The maximum atomic E-state index is 13.4. The molecule has 0 amide bonds. The molecule has 18 heavy (non-hydrogen) atoms. The molecule has 0 aliphatic heterocycles. The van der Waals surface area contributed by atoms with Crippen LogP contribution in [0.25, 0.3) is 0 Å². The van der Waals surface area contributed by atoms with E-state index in [1.807, 2.05) is 6.92 Å². The zero-order chi connectivity index (χ0) is 13.1. The number of alkyl halides is 1. The number of aromatic nitrogens is 3. The number of benzene rings is 1. The summed E-state index contributed by atoms with van der Waals surface area (Å²) in [6.45, 7) is 2.06. The van der Waals surface area contributed by atoms with Gasteiger partial charge in [-0.05, 0) is 24.6 Å². The van der Waals surface area contributed by atoms with Crippen LogP contribution in [0.2, 0.25) is 0 Å². The summed E-state index contributed by atoms with van der Waals surface area (Å²) in [6, 6.07) is 3.32. The smallest absolute Gasteiger partial charge is 0.128 e. The van der Waals surface area contributed by atoms with Crippen molar-refractivity contribution in [3.63, 3.8) is 0 Å². The average Bonchev–Trinajstić information content (AvgIpc) is 2.81. The first kappa shape index (κ1) is 13.0. The van der Waals surface area contributed by atoms with Crippen LogP contribution in [0.5, 0.6) is 0 Å². The highest BCUT2D eigenvalue weighted by molar-refractivity contribution is 6.20. The summed E-state index contributed by atoms with van der Waals surface area (Å²) in [5, 5.41) is 7.53. The fourth-order valence-electron chi connectivity index (χ4n) is 1.58. The fourth-order valence-corrected chi connectivity index (χ4v) is 1.68. The number of hydrogen-bond acceptors (Lipinski definition) is 2. The largest absolute Gasteiger partial charge is 0.248 e. The molecule has 0 radical (unpaired) electrons. The van der Waals surface area contributed by atoms with Crippen molar-refractivity contribution in [2.45, 2.75) is 25.3 Å². The third kappa shape index (κ3) is 2.85. The van der Waals surface area contributed by atoms with E-state index >= 15 is 0 Å². The van der Waals surface area contributed by atoms with Gasteiger partial charge in [-0.1, -0.05) is 12.1 Å². The summed E-state index contributed by atoms with van der Waals surface area (Å²) in [7, 11) is 0. The van der Waals surface area contributed by atoms with E-state index in [1.165, 1.54) is 4.68 Å². The maximum Gasteiger partial charge on any atom is 0.128 e. The van der Waals surface area contributed by atoms with Gasteiger partial charge >= 0.3 is 0 Å². The number of hydrogen-bond donors (Lipinski definition) is 0. The highest BCUT2D eigenvalue weighted by Gasteiger charge is 2.11. The van der Waals surface area contributed by atoms with Gasteiger partial charge in [0.2, 0.25) is 0 Å². The minimum Gasteiger partial charge on any atom is -0.248 e. The molecule has 2 rings (SSSR count). The summed E-state index contributed by atoms with van der Waals surface area (Å²) in [5.74, 6) is -0.943. The van der Waals surface area contributed by atoms with E-state index in [-0.39, 0.29) is 17.5 Å².